The van der Waals surface area contributed by atoms with Crippen molar-refractivity contribution in [2.75, 3.05) is 4.90 Å². The molecule has 1 aliphatic rings. The Morgan fingerprint density at radius 2 is 2.00 bits per heavy atom. The molecule has 3 nitrogen and oxygen atoms in total. The summed E-state index contributed by atoms with van der Waals surface area (Å²) in [5.74, 6) is 0. The molecule has 0 radical (unpaired) electrons. The Bertz CT molecular complexity index is 942. The van der Waals surface area contributed by atoms with Gasteiger partial charge in [0.1, 0.15) is 5.58 Å². The van der Waals surface area contributed by atoms with Crippen LogP contribution < -0.4 is 10.5 Å². The molecule has 1 aromatic heterocycles. The van der Waals surface area contributed by atoms with Crippen molar-refractivity contribution in [1.82, 2.24) is 0 Å². The maximum Gasteiger partial charge on any atom is 0.336 e. The number of aryl methyl sites for hydroxylation is 1. The van der Waals surface area contributed by atoms with Crippen molar-refractivity contribution in [2.24, 2.45) is 0 Å². The first-order valence-corrected chi connectivity index (χ1v) is 8.00. The third kappa shape index (κ3) is 2.42. The lowest BCUT2D eigenvalue weighted by Crippen LogP contribution is -2.29. The zero-order chi connectivity index (χ0) is 16.0. The van der Waals surface area contributed by atoms with Crippen LogP contribution in [0.5, 0.6) is 0 Å². The highest BCUT2D eigenvalue weighted by molar-refractivity contribution is 5.81. The van der Waals surface area contributed by atoms with Gasteiger partial charge in [0.2, 0.25) is 0 Å². The lowest BCUT2D eigenvalue weighted by Gasteiger charge is -2.25. The summed E-state index contributed by atoms with van der Waals surface area (Å²) >= 11 is 0. The molecule has 1 atom stereocenters. The van der Waals surface area contributed by atoms with Crippen LogP contribution in [0.1, 0.15) is 23.6 Å². The van der Waals surface area contributed by atoms with Gasteiger partial charge in [-0.05, 0) is 49.1 Å². The molecule has 0 saturated heterocycles. The zero-order valence-corrected chi connectivity index (χ0v) is 13.4. The Balaban J connectivity index is 1.80. The zero-order valence-electron chi connectivity index (χ0n) is 13.4. The van der Waals surface area contributed by atoms with Gasteiger partial charge in [0.05, 0.1) is 0 Å². The summed E-state index contributed by atoms with van der Waals surface area (Å²) < 4.78 is 5.37. The van der Waals surface area contributed by atoms with Crippen molar-refractivity contribution in [3.05, 3.63) is 75.6 Å². The monoisotopic (exact) mass is 305 g/mol. The molecule has 116 valence electrons. The van der Waals surface area contributed by atoms with Gasteiger partial charge in [-0.1, -0.05) is 30.3 Å². The summed E-state index contributed by atoms with van der Waals surface area (Å²) in [4.78, 5) is 14.3. The lowest BCUT2D eigenvalue weighted by molar-refractivity contribution is 0.557. The van der Waals surface area contributed by atoms with E-state index in [2.05, 4.69) is 48.2 Å². The van der Waals surface area contributed by atoms with Gasteiger partial charge in [0.25, 0.3) is 0 Å². The quantitative estimate of drug-likeness (QED) is 0.670. The van der Waals surface area contributed by atoms with Crippen molar-refractivity contribution >= 4 is 16.7 Å². The van der Waals surface area contributed by atoms with Crippen molar-refractivity contribution < 1.29 is 4.42 Å². The van der Waals surface area contributed by atoms with Gasteiger partial charge >= 0.3 is 5.63 Å². The van der Waals surface area contributed by atoms with Crippen molar-refractivity contribution in [3.8, 4) is 0 Å². The Hall–Kier alpha value is -2.55. The molecule has 4 rings (SSSR count). The molecule has 0 saturated carbocycles. The molecule has 1 aliphatic heterocycles. The summed E-state index contributed by atoms with van der Waals surface area (Å²) in [6.45, 7) is 4.96. The van der Waals surface area contributed by atoms with Crippen LogP contribution in [0, 0.1) is 6.92 Å². The van der Waals surface area contributed by atoms with E-state index in [1.54, 1.807) is 6.07 Å². The molecule has 0 fully saturated rings. The predicted octanol–water partition coefficient (Wildman–Crippen LogP) is 4.05. The average molecular weight is 305 g/mol. The van der Waals surface area contributed by atoms with Gasteiger partial charge in [0, 0.05) is 29.7 Å². The van der Waals surface area contributed by atoms with Crippen molar-refractivity contribution in [3.63, 3.8) is 0 Å². The minimum absolute atomic E-state index is 0.279. The first kappa shape index (κ1) is 14.1. The fourth-order valence-corrected chi connectivity index (χ4v) is 3.52. The van der Waals surface area contributed by atoms with Gasteiger partial charge in [-0.25, -0.2) is 4.79 Å². The van der Waals surface area contributed by atoms with Crippen LogP contribution in [-0.2, 0) is 13.0 Å². The molecule has 0 spiro atoms. The first-order valence-electron chi connectivity index (χ1n) is 8.00. The number of rotatable bonds is 2. The Kier molecular flexibility index (Phi) is 3.22. The highest BCUT2D eigenvalue weighted by Gasteiger charge is 2.26. The van der Waals surface area contributed by atoms with E-state index in [4.69, 9.17) is 4.42 Å². The van der Waals surface area contributed by atoms with Gasteiger partial charge < -0.3 is 9.32 Å². The molecule has 3 heteroatoms. The van der Waals surface area contributed by atoms with E-state index >= 15 is 0 Å². The van der Waals surface area contributed by atoms with Crippen LogP contribution in [0.2, 0.25) is 0 Å². The fraction of sp³-hybridized carbons (Fsp3) is 0.250. The minimum atomic E-state index is -0.279. The Morgan fingerprint density at radius 3 is 2.87 bits per heavy atom. The van der Waals surface area contributed by atoms with E-state index in [0.717, 1.165) is 29.5 Å². The van der Waals surface area contributed by atoms with E-state index in [0.29, 0.717) is 11.6 Å². The van der Waals surface area contributed by atoms with Gasteiger partial charge in [-0.3, -0.25) is 0 Å². The van der Waals surface area contributed by atoms with E-state index in [9.17, 15) is 4.79 Å². The second-order valence-corrected chi connectivity index (χ2v) is 6.40. The molecular weight excluding hydrogens is 286 g/mol. The highest BCUT2D eigenvalue weighted by atomic mass is 16.4. The van der Waals surface area contributed by atoms with Crippen molar-refractivity contribution in [2.45, 2.75) is 32.9 Å². The minimum Gasteiger partial charge on any atom is -0.423 e. The van der Waals surface area contributed by atoms with Crippen LogP contribution in [0.15, 0.2) is 57.7 Å². The first-order chi connectivity index (χ1) is 11.1. The number of nitrogens with zero attached hydrogens (tertiary/aromatic N) is 1. The molecule has 0 bridgehead atoms. The fourth-order valence-electron chi connectivity index (χ4n) is 3.52. The highest BCUT2D eigenvalue weighted by Crippen LogP contribution is 2.33. The molecule has 0 unspecified atom stereocenters. The van der Waals surface area contributed by atoms with Gasteiger partial charge in [-0.2, -0.15) is 0 Å². The topological polar surface area (TPSA) is 33.5 Å². The average Bonchev–Trinajstić information content (AvgIpc) is 2.83. The third-order valence-electron chi connectivity index (χ3n) is 4.67. The summed E-state index contributed by atoms with van der Waals surface area (Å²) in [5.41, 5.74) is 5.17. The van der Waals surface area contributed by atoms with Crippen LogP contribution >= 0.6 is 0 Å². The standard InChI is InChI=1S/C20H19NO2/c1-13-7-8-17-16(11-20(22)23-19(17)9-13)12-21-14(2)10-15-5-3-4-6-18(15)21/h3-9,11,14H,10,12H2,1-2H3/t14-/m1/s1. The van der Waals surface area contributed by atoms with Gasteiger partial charge in [-0.15, -0.1) is 0 Å². The van der Waals surface area contributed by atoms with Crippen LogP contribution in [0.4, 0.5) is 5.69 Å². The van der Waals surface area contributed by atoms with E-state index in [1.165, 1.54) is 11.3 Å². The number of para-hydroxylation sites is 1. The number of fused-ring (bicyclic) bond motifs is 2. The lowest BCUT2D eigenvalue weighted by atomic mass is 10.1. The Morgan fingerprint density at radius 1 is 1.17 bits per heavy atom. The number of anilines is 1. The molecular formula is C20H19NO2. The number of benzene rings is 2. The Labute approximate surface area is 135 Å². The van der Waals surface area contributed by atoms with Gasteiger partial charge in [0.15, 0.2) is 0 Å². The van der Waals surface area contributed by atoms with Crippen LogP contribution in [0.25, 0.3) is 11.0 Å². The molecule has 2 aromatic carbocycles. The summed E-state index contributed by atoms with van der Waals surface area (Å²) in [6.07, 6.45) is 1.05. The maximum atomic E-state index is 11.9. The number of hydrogen-bond donors (Lipinski definition) is 0. The number of hydrogen-bond acceptors (Lipinski definition) is 3. The largest absolute Gasteiger partial charge is 0.423 e. The maximum absolute atomic E-state index is 11.9. The van der Waals surface area contributed by atoms with Crippen LogP contribution in [-0.4, -0.2) is 6.04 Å². The van der Waals surface area contributed by atoms with E-state index in [-0.39, 0.29) is 5.63 Å². The normalized spacial score (nSPS) is 16.8. The summed E-state index contributed by atoms with van der Waals surface area (Å²) in [5, 5.41) is 1.02. The van der Waals surface area contributed by atoms with E-state index < -0.39 is 0 Å². The SMILES string of the molecule is Cc1ccc2c(CN3c4ccccc4C[C@H]3C)cc(=O)oc2c1. The molecule has 0 N–H and O–H groups in total. The molecule has 23 heavy (non-hydrogen) atoms. The summed E-state index contributed by atoms with van der Waals surface area (Å²) in [7, 11) is 0. The third-order valence-corrected chi connectivity index (χ3v) is 4.67. The smallest absolute Gasteiger partial charge is 0.336 e. The molecule has 3 aromatic rings. The molecule has 0 amide bonds. The second kappa shape index (κ2) is 5.27. The predicted molar refractivity (Wildman–Crippen MR) is 93.0 cm³/mol. The van der Waals surface area contributed by atoms with Crippen molar-refractivity contribution in [1.29, 1.82) is 0 Å². The van der Waals surface area contributed by atoms with Crippen LogP contribution in [0.3, 0.4) is 0 Å². The second-order valence-electron chi connectivity index (χ2n) is 6.40. The molecule has 2 heterocycles. The summed E-state index contributed by atoms with van der Waals surface area (Å²) in [6, 6.07) is 16.6. The molecule has 0 aliphatic carbocycles. The van der Waals surface area contributed by atoms with E-state index in [1.807, 2.05) is 13.0 Å².